The van der Waals surface area contributed by atoms with Crippen LogP contribution in [0.3, 0.4) is 0 Å². The normalized spacial score (nSPS) is 10.5. The second-order valence-corrected chi connectivity index (χ2v) is 8.40. The van der Waals surface area contributed by atoms with E-state index in [-0.39, 0.29) is 0 Å². The summed E-state index contributed by atoms with van der Waals surface area (Å²) in [6.45, 7) is 1.26. The van der Waals surface area contributed by atoms with Crippen molar-refractivity contribution in [2.45, 2.75) is 13.1 Å². The molecular formula is C31H22N4. The molecular weight excluding hydrogens is 428 g/mol. The van der Waals surface area contributed by atoms with E-state index < -0.39 is 0 Å². The van der Waals surface area contributed by atoms with Crippen molar-refractivity contribution in [2.75, 3.05) is 4.90 Å². The van der Waals surface area contributed by atoms with Crippen LogP contribution in [0.1, 0.15) is 22.3 Å². The summed E-state index contributed by atoms with van der Waals surface area (Å²) in [5.41, 5.74) is 6.35. The van der Waals surface area contributed by atoms with E-state index in [9.17, 15) is 10.5 Å². The van der Waals surface area contributed by atoms with Crippen molar-refractivity contribution in [3.05, 3.63) is 132 Å². The van der Waals surface area contributed by atoms with Gasteiger partial charge < -0.3 is 4.90 Å². The maximum Gasteiger partial charge on any atom is 0.0998 e. The molecule has 5 rings (SSSR count). The smallest absolute Gasteiger partial charge is 0.0998 e. The molecule has 0 spiro atoms. The molecule has 0 saturated heterocycles. The summed E-state index contributed by atoms with van der Waals surface area (Å²) in [5, 5.41) is 21.5. The van der Waals surface area contributed by atoms with E-state index in [1.165, 1.54) is 0 Å². The first-order valence-electron chi connectivity index (χ1n) is 11.4. The van der Waals surface area contributed by atoms with Crippen LogP contribution in [0.2, 0.25) is 0 Å². The molecule has 5 aromatic rings. The Morgan fingerprint density at radius 1 is 0.686 bits per heavy atom. The van der Waals surface area contributed by atoms with Gasteiger partial charge in [-0.15, -0.1) is 0 Å². The number of aromatic nitrogens is 1. The Morgan fingerprint density at radius 3 is 2.31 bits per heavy atom. The molecule has 4 aromatic carbocycles. The third kappa shape index (κ3) is 4.74. The summed E-state index contributed by atoms with van der Waals surface area (Å²) in [7, 11) is 0. The molecule has 1 heterocycles. The Balaban J connectivity index is 1.62. The van der Waals surface area contributed by atoms with Gasteiger partial charge in [-0.1, -0.05) is 60.7 Å². The molecule has 4 heteroatoms. The van der Waals surface area contributed by atoms with E-state index in [2.05, 4.69) is 58.4 Å². The van der Waals surface area contributed by atoms with Gasteiger partial charge in [-0.2, -0.15) is 10.5 Å². The number of hydrogen-bond donors (Lipinski definition) is 0. The fourth-order valence-electron chi connectivity index (χ4n) is 4.42. The zero-order valence-electron chi connectivity index (χ0n) is 19.1. The SMILES string of the molecule is N#Cc1cccc(CN(Cc2cccnc2)c2ccc(C#N)c(-c3cccc4ccccc34)c2)c1. The van der Waals surface area contributed by atoms with Crippen LogP contribution in [0.5, 0.6) is 0 Å². The molecule has 0 radical (unpaired) electrons. The zero-order chi connectivity index (χ0) is 24.0. The van der Waals surface area contributed by atoms with Gasteiger partial charge in [0.15, 0.2) is 0 Å². The number of pyridine rings is 1. The largest absolute Gasteiger partial charge is 0.363 e. The van der Waals surface area contributed by atoms with E-state index >= 15 is 0 Å². The number of hydrogen-bond acceptors (Lipinski definition) is 4. The van der Waals surface area contributed by atoms with Crippen LogP contribution in [-0.2, 0) is 13.1 Å². The van der Waals surface area contributed by atoms with Gasteiger partial charge in [-0.05, 0) is 63.9 Å². The Kier molecular flexibility index (Phi) is 6.20. The molecule has 0 aliphatic carbocycles. The van der Waals surface area contributed by atoms with Gasteiger partial charge in [0.2, 0.25) is 0 Å². The highest BCUT2D eigenvalue weighted by Gasteiger charge is 2.15. The monoisotopic (exact) mass is 450 g/mol. The van der Waals surface area contributed by atoms with Gasteiger partial charge in [0.1, 0.15) is 0 Å². The molecule has 0 fully saturated rings. The third-order valence-electron chi connectivity index (χ3n) is 6.09. The lowest BCUT2D eigenvalue weighted by atomic mass is 9.94. The van der Waals surface area contributed by atoms with E-state index in [0.29, 0.717) is 24.2 Å². The molecule has 1 aromatic heterocycles. The Labute approximate surface area is 205 Å². The summed E-state index contributed by atoms with van der Waals surface area (Å²) in [4.78, 5) is 6.53. The van der Waals surface area contributed by atoms with Crippen molar-refractivity contribution in [3.8, 4) is 23.3 Å². The number of nitriles is 2. The average molecular weight is 451 g/mol. The number of benzene rings is 4. The van der Waals surface area contributed by atoms with Crippen molar-refractivity contribution < 1.29 is 0 Å². The molecule has 0 aliphatic rings. The molecule has 0 aliphatic heterocycles. The highest BCUT2D eigenvalue weighted by Crippen LogP contribution is 2.34. The Morgan fingerprint density at radius 2 is 1.49 bits per heavy atom. The highest BCUT2D eigenvalue weighted by atomic mass is 15.1. The predicted molar refractivity (Wildman–Crippen MR) is 139 cm³/mol. The molecule has 0 atom stereocenters. The number of nitrogens with zero attached hydrogens (tertiary/aromatic N) is 4. The van der Waals surface area contributed by atoms with Crippen molar-refractivity contribution in [2.24, 2.45) is 0 Å². The standard InChI is InChI=1S/C31H22N4/c32-18-23-6-3-7-24(16-23)21-35(22-25-8-5-15-34-20-25)28-14-13-27(19-33)31(17-28)30-12-4-10-26-9-1-2-11-29(26)30/h1-17,20H,21-22H2. The summed E-state index contributed by atoms with van der Waals surface area (Å²) in [6.07, 6.45) is 3.64. The topological polar surface area (TPSA) is 63.7 Å². The molecule has 0 unspecified atom stereocenters. The minimum Gasteiger partial charge on any atom is -0.363 e. The summed E-state index contributed by atoms with van der Waals surface area (Å²) in [6, 6.07) is 36.7. The minimum atomic E-state index is 0.616. The number of anilines is 1. The second kappa shape index (κ2) is 9.91. The average Bonchev–Trinajstić information content (AvgIpc) is 2.92. The molecule has 35 heavy (non-hydrogen) atoms. The molecule has 4 nitrogen and oxygen atoms in total. The Hall–Kier alpha value is -4.93. The lowest BCUT2D eigenvalue weighted by Gasteiger charge is -2.26. The first-order chi connectivity index (χ1) is 17.2. The predicted octanol–water partition coefficient (Wildman–Crippen LogP) is 6.85. The van der Waals surface area contributed by atoms with Crippen LogP contribution in [-0.4, -0.2) is 4.98 Å². The van der Waals surface area contributed by atoms with Crippen LogP contribution < -0.4 is 4.90 Å². The van der Waals surface area contributed by atoms with Gasteiger partial charge >= 0.3 is 0 Å². The molecule has 166 valence electrons. The minimum absolute atomic E-state index is 0.616. The van der Waals surface area contributed by atoms with E-state index in [4.69, 9.17) is 0 Å². The third-order valence-corrected chi connectivity index (χ3v) is 6.09. The van der Waals surface area contributed by atoms with Crippen LogP contribution in [0.4, 0.5) is 5.69 Å². The lowest BCUT2D eigenvalue weighted by Crippen LogP contribution is -2.22. The van der Waals surface area contributed by atoms with Crippen LogP contribution in [0.15, 0.2) is 109 Å². The summed E-state index contributed by atoms with van der Waals surface area (Å²) in [5.74, 6) is 0. The van der Waals surface area contributed by atoms with Gasteiger partial charge in [0.25, 0.3) is 0 Å². The van der Waals surface area contributed by atoms with Gasteiger partial charge in [0.05, 0.1) is 23.3 Å². The van der Waals surface area contributed by atoms with Crippen LogP contribution in [0, 0.1) is 22.7 Å². The number of fused-ring (bicyclic) bond motifs is 1. The van der Waals surface area contributed by atoms with Crippen molar-refractivity contribution in [3.63, 3.8) is 0 Å². The van der Waals surface area contributed by atoms with E-state index in [1.807, 2.05) is 66.9 Å². The quantitative estimate of drug-likeness (QED) is 0.284. The van der Waals surface area contributed by atoms with Crippen molar-refractivity contribution >= 4 is 16.5 Å². The molecule has 0 bridgehead atoms. The first-order valence-corrected chi connectivity index (χ1v) is 11.4. The lowest BCUT2D eigenvalue weighted by molar-refractivity contribution is 0.797. The number of rotatable bonds is 6. The zero-order valence-corrected chi connectivity index (χ0v) is 19.1. The molecule has 0 saturated carbocycles. The fourth-order valence-corrected chi connectivity index (χ4v) is 4.42. The van der Waals surface area contributed by atoms with Gasteiger partial charge in [-0.3, -0.25) is 4.98 Å². The highest BCUT2D eigenvalue weighted by molar-refractivity contribution is 5.98. The van der Waals surface area contributed by atoms with Gasteiger partial charge in [0, 0.05) is 36.7 Å². The van der Waals surface area contributed by atoms with Crippen molar-refractivity contribution in [1.82, 2.24) is 4.98 Å². The van der Waals surface area contributed by atoms with Crippen molar-refractivity contribution in [1.29, 1.82) is 10.5 Å². The first kappa shape index (κ1) is 21.9. The van der Waals surface area contributed by atoms with Crippen LogP contribution >= 0.6 is 0 Å². The fraction of sp³-hybridized carbons (Fsp3) is 0.0645. The Bertz CT molecular complexity index is 1570. The molecule has 0 N–H and O–H groups in total. The maximum atomic E-state index is 9.91. The summed E-state index contributed by atoms with van der Waals surface area (Å²) < 4.78 is 0. The van der Waals surface area contributed by atoms with E-state index in [0.717, 1.165) is 38.7 Å². The maximum absolute atomic E-state index is 9.91. The molecule has 0 amide bonds. The summed E-state index contributed by atoms with van der Waals surface area (Å²) >= 11 is 0. The van der Waals surface area contributed by atoms with E-state index in [1.54, 1.807) is 6.20 Å². The second-order valence-electron chi connectivity index (χ2n) is 8.40. The van der Waals surface area contributed by atoms with Crippen LogP contribution in [0.25, 0.3) is 21.9 Å². The van der Waals surface area contributed by atoms with Gasteiger partial charge in [-0.25, -0.2) is 0 Å².